The smallest absolute Gasteiger partial charge is 0.406 e. The summed E-state index contributed by atoms with van der Waals surface area (Å²) in [5.74, 6) is 0. The van der Waals surface area contributed by atoms with E-state index >= 15 is 0 Å². The highest BCUT2D eigenvalue weighted by atomic mass is 32.2. The molecule has 0 aliphatic carbocycles. The van der Waals surface area contributed by atoms with E-state index < -0.39 is 21.2 Å². The van der Waals surface area contributed by atoms with Crippen molar-refractivity contribution < 1.29 is 17.9 Å². The number of amides is 1. The fraction of sp³-hybridized carbons (Fsp3) is 0.250. The van der Waals surface area contributed by atoms with Gasteiger partial charge in [-0.2, -0.15) is 0 Å². The van der Waals surface area contributed by atoms with Crippen LogP contribution in [0.1, 0.15) is 10.1 Å². The summed E-state index contributed by atoms with van der Waals surface area (Å²) in [6, 6.07) is 6.80. The fourth-order valence-corrected chi connectivity index (χ4v) is 5.64. The van der Waals surface area contributed by atoms with Crippen molar-refractivity contribution in [1.82, 2.24) is 5.32 Å². The van der Waals surface area contributed by atoms with Gasteiger partial charge in [0.15, 0.2) is 9.84 Å². The minimum Gasteiger partial charge on any atom is -0.453 e. The Morgan fingerprint density at radius 2 is 2.00 bits per heavy atom. The zero-order chi connectivity index (χ0) is 14.6. The number of hydrogen-bond donors (Lipinski definition) is 1. The van der Waals surface area contributed by atoms with Gasteiger partial charge in [0.1, 0.15) is 9.46 Å². The van der Waals surface area contributed by atoms with Crippen LogP contribution in [0.4, 0.5) is 4.79 Å². The Morgan fingerprint density at radius 3 is 2.55 bits per heavy atom. The molecule has 0 radical (unpaired) electrons. The minimum absolute atomic E-state index is 0.0204. The maximum atomic E-state index is 12.6. The molecule has 0 spiro atoms. The standard InChI is InChI=1S/C12H13NO4S3/c1-17-12(14)13-8-10(9-4-2-6-18-9)20(15,16)11-5-3-7-19-11/h2-7,10H,8H2,1H3,(H,13,14). The largest absolute Gasteiger partial charge is 0.453 e. The molecule has 2 aromatic rings. The van der Waals surface area contributed by atoms with Crippen molar-refractivity contribution in [2.24, 2.45) is 0 Å². The number of carbonyl (C=O) groups is 1. The number of methoxy groups -OCH3 is 1. The third-order valence-corrected chi connectivity index (χ3v) is 7.28. The van der Waals surface area contributed by atoms with Crippen LogP contribution >= 0.6 is 22.7 Å². The van der Waals surface area contributed by atoms with Crippen LogP contribution in [0.2, 0.25) is 0 Å². The Balaban J connectivity index is 2.30. The molecule has 0 aliphatic heterocycles. The van der Waals surface area contributed by atoms with Gasteiger partial charge in [-0.15, -0.1) is 22.7 Å². The van der Waals surface area contributed by atoms with Crippen molar-refractivity contribution >= 4 is 38.6 Å². The Bertz CT molecular complexity index is 647. The highest BCUT2D eigenvalue weighted by molar-refractivity contribution is 7.93. The van der Waals surface area contributed by atoms with E-state index in [0.717, 1.165) is 0 Å². The summed E-state index contributed by atoms with van der Waals surface area (Å²) < 4.78 is 30.0. The van der Waals surface area contributed by atoms with E-state index in [1.807, 2.05) is 5.38 Å². The Morgan fingerprint density at radius 1 is 1.30 bits per heavy atom. The molecule has 1 N–H and O–H groups in total. The Labute approximate surface area is 125 Å². The molecule has 1 unspecified atom stereocenters. The number of ether oxygens (including phenoxy) is 1. The first-order valence-electron chi connectivity index (χ1n) is 5.68. The molecule has 20 heavy (non-hydrogen) atoms. The molecule has 2 heterocycles. The molecule has 0 aromatic carbocycles. The average Bonchev–Trinajstić information content (AvgIpc) is 3.11. The predicted octanol–water partition coefficient (Wildman–Crippen LogP) is 2.68. The maximum Gasteiger partial charge on any atom is 0.406 e. The number of rotatable bonds is 5. The van der Waals surface area contributed by atoms with E-state index in [9.17, 15) is 13.2 Å². The van der Waals surface area contributed by atoms with Crippen molar-refractivity contribution in [3.05, 3.63) is 39.9 Å². The van der Waals surface area contributed by atoms with Crippen molar-refractivity contribution in [3.63, 3.8) is 0 Å². The molecule has 1 amide bonds. The van der Waals surface area contributed by atoms with Crippen molar-refractivity contribution in [1.29, 1.82) is 0 Å². The molecule has 108 valence electrons. The number of alkyl carbamates (subject to hydrolysis) is 1. The van der Waals surface area contributed by atoms with Crippen LogP contribution in [0.5, 0.6) is 0 Å². The molecule has 0 saturated heterocycles. The first-order chi connectivity index (χ1) is 9.55. The lowest BCUT2D eigenvalue weighted by Crippen LogP contribution is -2.31. The number of hydrogen-bond acceptors (Lipinski definition) is 6. The van der Waals surface area contributed by atoms with Crippen LogP contribution in [-0.4, -0.2) is 28.2 Å². The fourth-order valence-electron chi connectivity index (χ4n) is 1.65. The summed E-state index contributed by atoms with van der Waals surface area (Å²) in [7, 11) is -2.29. The average molecular weight is 331 g/mol. The van der Waals surface area contributed by atoms with Crippen LogP contribution in [-0.2, 0) is 14.6 Å². The molecule has 2 aromatic heterocycles. The minimum atomic E-state index is -3.53. The summed E-state index contributed by atoms with van der Waals surface area (Å²) in [6.45, 7) is -0.0204. The monoisotopic (exact) mass is 331 g/mol. The Kier molecular flexibility index (Phi) is 4.79. The zero-order valence-corrected chi connectivity index (χ0v) is 13.1. The molecule has 8 heteroatoms. The van der Waals surface area contributed by atoms with Crippen LogP contribution in [0, 0.1) is 0 Å². The van der Waals surface area contributed by atoms with E-state index in [0.29, 0.717) is 9.09 Å². The van der Waals surface area contributed by atoms with Gasteiger partial charge in [0.25, 0.3) is 0 Å². The Hall–Kier alpha value is -1.38. The van der Waals surface area contributed by atoms with E-state index in [2.05, 4.69) is 10.1 Å². The number of thiophene rings is 2. The lowest BCUT2D eigenvalue weighted by molar-refractivity contribution is 0.171. The van der Waals surface area contributed by atoms with Gasteiger partial charge in [-0.05, 0) is 22.9 Å². The van der Waals surface area contributed by atoms with Crippen LogP contribution < -0.4 is 5.32 Å². The topological polar surface area (TPSA) is 72.5 Å². The lowest BCUT2D eigenvalue weighted by Gasteiger charge is -2.15. The summed E-state index contributed by atoms with van der Waals surface area (Å²) in [4.78, 5) is 11.9. The van der Waals surface area contributed by atoms with Crippen molar-refractivity contribution in [2.75, 3.05) is 13.7 Å². The number of sulfone groups is 1. The molecule has 1 atom stereocenters. The van der Waals surface area contributed by atoms with Crippen LogP contribution in [0.3, 0.4) is 0 Å². The van der Waals surface area contributed by atoms with Crippen LogP contribution in [0.25, 0.3) is 0 Å². The first-order valence-corrected chi connectivity index (χ1v) is 8.99. The molecular weight excluding hydrogens is 318 g/mol. The quantitative estimate of drug-likeness (QED) is 0.914. The van der Waals surface area contributed by atoms with Gasteiger partial charge in [0, 0.05) is 11.4 Å². The van der Waals surface area contributed by atoms with Gasteiger partial charge < -0.3 is 10.1 Å². The third-order valence-electron chi connectivity index (χ3n) is 2.63. The lowest BCUT2D eigenvalue weighted by atomic mass is 10.3. The molecule has 0 bridgehead atoms. The van der Waals surface area contributed by atoms with Gasteiger partial charge in [0.05, 0.1) is 7.11 Å². The highest BCUT2D eigenvalue weighted by Gasteiger charge is 2.31. The summed E-state index contributed by atoms with van der Waals surface area (Å²) in [6.07, 6.45) is -0.645. The molecule has 0 aliphatic rings. The summed E-state index contributed by atoms with van der Waals surface area (Å²) >= 11 is 2.52. The molecule has 0 saturated carbocycles. The molecule has 0 fully saturated rings. The van der Waals surface area contributed by atoms with Gasteiger partial charge in [-0.1, -0.05) is 12.1 Å². The van der Waals surface area contributed by atoms with Crippen molar-refractivity contribution in [2.45, 2.75) is 9.46 Å². The second kappa shape index (κ2) is 6.38. The van der Waals surface area contributed by atoms with Gasteiger partial charge >= 0.3 is 6.09 Å². The molecule has 2 rings (SSSR count). The predicted molar refractivity (Wildman–Crippen MR) is 79.0 cm³/mol. The van der Waals surface area contributed by atoms with E-state index in [1.54, 1.807) is 29.6 Å². The summed E-state index contributed by atoms with van der Waals surface area (Å²) in [5.41, 5.74) is 0. The van der Waals surface area contributed by atoms with Crippen LogP contribution in [0.15, 0.2) is 39.2 Å². The SMILES string of the molecule is COC(=O)NCC(c1cccs1)S(=O)(=O)c1cccs1. The van der Waals surface area contributed by atoms with E-state index in [-0.39, 0.29) is 6.54 Å². The second-order valence-corrected chi connectivity index (χ2v) is 8.14. The summed E-state index contributed by atoms with van der Waals surface area (Å²) in [5, 5.41) is 5.18. The van der Waals surface area contributed by atoms with E-state index in [1.165, 1.54) is 29.8 Å². The molecule has 5 nitrogen and oxygen atoms in total. The zero-order valence-electron chi connectivity index (χ0n) is 10.6. The maximum absolute atomic E-state index is 12.6. The van der Waals surface area contributed by atoms with Gasteiger partial charge in [0.2, 0.25) is 0 Å². The second-order valence-electron chi connectivity index (χ2n) is 3.85. The number of nitrogens with one attached hydrogen (secondary N) is 1. The first kappa shape index (κ1) is 15.0. The van der Waals surface area contributed by atoms with Crippen molar-refractivity contribution in [3.8, 4) is 0 Å². The third kappa shape index (κ3) is 3.20. The van der Waals surface area contributed by atoms with Gasteiger partial charge in [-0.25, -0.2) is 13.2 Å². The van der Waals surface area contributed by atoms with Gasteiger partial charge in [-0.3, -0.25) is 0 Å². The normalized spacial score (nSPS) is 12.8. The highest BCUT2D eigenvalue weighted by Crippen LogP contribution is 2.33. The number of carbonyl (C=O) groups excluding carboxylic acids is 1. The van der Waals surface area contributed by atoms with E-state index in [4.69, 9.17) is 0 Å². The molecular formula is C12H13NO4S3.